The Morgan fingerprint density at radius 1 is 1.10 bits per heavy atom. The Morgan fingerprint density at radius 3 is 2.48 bits per heavy atom. The van der Waals surface area contributed by atoms with Gasteiger partial charge in [-0.1, -0.05) is 23.7 Å². The molecular formula is C23H20BrClFNO4. The number of carbonyl (C=O) groups is 1. The number of carboxylic acids is 1. The molecule has 0 spiro atoms. The fourth-order valence-electron chi connectivity index (χ4n) is 2.87. The highest BCUT2D eigenvalue weighted by atomic mass is 79.9. The summed E-state index contributed by atoms with van der Waals surface area (Å²) in [6.07, 6.45) is 0. The van der Waals surface area contributed by atoms with E-state index in [2.05, 4.69) is 21.2 Å². The highest BCUT2D eigenvalue weighted by Gasteiger charge is 2.14. The maximum absolute atomic E-state index is 13.1. The molecule has 3 rings (SSSR count). The largest absolute Gasteiger partial charge is 0.490 e. The van der Waals surface area contributed by atoms with E-state index in [1.54, 1.807) is 24.3 Å². The Labute approximate surface area is 192 Å². The van der Waals surface area contributed by atoms with Crippen LogP contribution < -0.4 is 14.8 Å². The summed E-state index contributed by atoms with van der Waals surface area (Å²) >= 11 is 9.56. The van der Waals surface area contributed by atoms with Crippen LogP contribution in [0.2, 0.25) is 5.02 Å². The summed E-state index contributed by atoms with van der Waals surface area (Å²) in [7, 11) is 0. The molecule has 0 fully saturated rings. The van der Waals surface area contributed by atoms with Crippen molar-refractivity contribution in [2.75, 3.05) is 11.9 Å². The number of hydrogen-bond acceptors (Lipinski definition) is 4. The van der Waals surface area contributed by atoms with Crippen LogP contribution >= 0.6 is 27.5 Å². The predicted octanol–water partition coefficient (Wildman–Crippen LogP) is 6.53. The van der Waals surface area contributed by atoms with Crippen molar-refractivity contribution < 1.29 is 23.8 Å². The number of rotatable bonds is 9. The van der Waals surface area contributed by atoms with E-state index in [-0.39, 0.29) is 23.0 Å². The lowest BCUT2D eigenvalue weighted by Gasteiger charge is -2.16. The van der Waals surface area contributed by atoms with Crippen LogP contribution in [-0.4, -0.2) is 17.7 Å². The second kappa shape index (κ2) is 10.5. The van der Waals surface area contributed by atoms with Crippen LogP contribution in [0, 0.1) is 5.82 Å². The van der Waals surface area contributed by atoms with Gasteiger partial charge in [0.05, 0.1) is 21.7 Å². The minimum absolute atomic E-state index is 0.0521. The van der Waals surface area contributed by atoms with Crippen molar-refractivity contribution in [2.24, 2.45) is 0 Å². The number of anilines is 1. The van der Waals surface area contributed by atoms with Gasteiger partial charge in [0.1, 0.15) is 12.4 Å². The van der Waals surface area contributed by atoms with Crippen molar-refractivity contribution in [3.63, 3.8) is 0 Å². The molecule has 31 heavy (non-hydrogen) atoms. The van der Waals surface area contributed by atoms with E-state index in [0.29, 0.717) is 30.3 Å². The quantitative estimate of drug-likeness (QED) is 0.344. The molecule has 0 saturated carbocycles. The first-order valence-electron chi connectivity index (χ1n) is 9.46. The third-order valence-corrected chi connectivity index (χ3v) is 5.26. The normalized spacial score (nSPS) is 10.6. The molecule has 0 aliphatic carbocycles. The molecule has 3 aromatic rings. The number of benzene rings is 3. The average Bonchev–Trinajstić information content (AvgIpc) is 2.73. The van der Waals surface area contributed by atoms with Gasteiger partial charge < -0.3 is 19.9 Å². The fourth-order valence-corrected chi connectivity index (χ4v) is 3.73. The summed E-state index contributed by atoms with van der Waals surface area (Å²) in [5.41, 5.74) is 2.50. The summed E-state index contributed by atoms with van der Waals surface area (Å²) in [6, 6.07) is 14.6. The summed E-state index contributed by atoms with van der Waals surface area (Å²) in [5.74, 6) is -0.229. The van der Waals surface area contributed by atoms with E-state index in [4.69, 9.17) is 26.2 Å². The maximum Gasteiger partial charge on any atom is 0.337 e. The van der Waals surface area contributed by atoms with Gasteiger partial charge in [-0.2, -0.15) is 0 Å². The molecule has 3 aromatic carbocycles. The molecule has 2 N–H and O–H groups in total. The molecule has 0 aliphatic heterocycles. The van der Waals surface area contributed by atoms with Crippen LogP contribution in [0.15, 0.2) is 59.1 Å². The van der Waals surface area contributed by atoms with Crippen LogP contribution in [0.1, 0.15) is 28.4 Å². The van der Waals surface area contributed by atoms with Gasteiger partial charge in [0.15, 0.2) is 11.5 Å². The highest BCUT2D eigenvalue weighted by molar-refractivity contribution is 9.10. The molecule has 0 saturated heterocycles. The molecule has 0 aliphatic rings. The topological polar surface area (TPSA) is 67.8 Å². The molecule has 0 aromatic heterocycles. The van der Waals surface area contributed by atoms with Crippen LogP contribution in [0.25, 0.3) is 0 Å². The lowest BCUT2D eigenvalue weighted by Crippen LogP contribution is -2.04. The van der Waals surface area contributed by atoms with Crippen LogP contribution in [0.4, 0.5) is 10.1 Å². The smallest absolute Gasteiger partial charge is 0.337 e. The zero-order valence-corrected chi connectivity index (χ0v) is 19.0. The Hall–Kier alpha value is -2.77. The molecule has 0 radical (unpaired) electrons. The Morgan fingerprint density at radius 2 is 1.84 bits per heavy atom. The molecule has 0 atom stereocenters. The Bertz CT molecular complexity index is 1080. The number of aromatic carboxylic acids is 1. The van der Waals surface area contributed by atoms with E-state index in [0.717, 1.165) is 15.6 Å². The van der Waals surface area contributed by atoms with Gasteiger partial charge in [0, 0.05) is 12.2 Å². The first kappa shape index (κ1) is 22.9. The molecule has 8 heteroatoms. The minimum atomic E-state index is -1.07. The van der Waals surface area contributed by atoms with E-state index in [1.807, 2.05) is 19.1 Å². The SMILES string of the molecule is CCOc1cc(CNc2ccc(C(=O)O)c(Cl)c2)cc(Br)c1OCc1ccc(F)cc1. The number of ether oxygens (including phenoxy) is 2. The molecule has 0 bridgehead atoms. The standard InChI is InChI=1S/C23H20BrClFNO4/c1-2-30-21-10-15(12-27-17-7-8-18(23(28)29)20(25)11-17)9-19(24)22(21)31-13-14-3-5-16(26)6-4-14/h3-11,27H,2,12-13H2,1H3,(H,28,29). The molecule has 0 heterocycles. The van der Waals surface area contributed by atoms with Gasteiger partial charge in [-0.25, -0.2) is 9.18 Å². The number of carboxylic acid groups (broad SMARTS) is 1. The van der Waals surface area contributed by atoms with Gasteiger partial charge in [-0.05, 0) is 76.4 Å². The first-order valence-corrected chi connectivity index (χ1v) is 10.6. The maximum atomic E-state index is 13.1. The van der Waals surface area contributed by atoms with Crippen LogP contribution in [0.5, 0.6) is 11.5 Å². The highest BCUT2D eigenvalue weighted by Crippen LogP contribution is 2.37. The van der Waals surface area contributed by atoms with Crippen molar-refractivity contribution in [1.29, 1.82) is 0 Å². The summed E-state index contributed by atoms with van der Waals surface area (Å²) < 4.78 is 25.5. The van der Waals surface area contributed by atoms with E-state index >= 15 is 0 Å². The molecular weight excluding hydrogens is 489 g/mol. The summed E-state index contributed by atoms with van der Waals surface area (Å²) in [4.78, 5) is 11.1. The fraction of sp³-hybridized carbons (Fsp3) is 0.174. The summed E-state index contributed by atoms with van der Waals surface area (Å²) in [5, 5.41) is 12.5. The molecule has 0 amide bonds. The molecule has 5 nitrogen and oxygen atoms in total. The average molecular weight is 509 g/mol. The number of nitrogens with one attached hydrogen (secondary N) is 1. The van der Waals surface area contributed by atoms with Crippen molar-refractivity contribution in [2.45, 2.75) is 20.1 Å². The predicted molar refractivity (Wildman–Crippen MR) is 122 cm³/mol. The van der Waals surface area contributed by atoms with Gasteiger partial charge in [-0.3, -0.25) is 0 Å². The third kappa shape index (κ3) is 6.12. The van der Waals surface area contributed by atoms with Gasteiger partial charge in [-0.15, -0.1) is 0 Å². The second-order valence-corrected chi connectivity index (χ2v) is 7.87. The van der Waals surface area contributed by atoms with E-state index < -0.39 is 5.97 Å². The lowest BCUT2D eigenvalue weighted by atomic mass is 10.1. The second-order valence-electron chi connectivity index (χ2n) is 6.61. The van der Waals surface area contributed by atoms with Crippen LogP contribution in [0.3, 0.4) is 0 Å². The summed E-state index contributed by atoms with van der Waals surface area (Å²) in [6.45, 7) is 3.07. The minimum Gasteiger partial charge on any atom is -0.490 e. The zero-order valence-electron chi connectivity index (χ0n) is 16.6. The van der Waals surface area contributed by atoms with Crippen molar-refractivity contribution in [3.8, 4) is 11.5 Å². The Balaban J connectivity index is 1.73. The molecule has 0 unspecified atom stereocenters. The lowest BCUT2D eigenvalue weighted by molar-refractivity contribution is 0.0697. The monoisotopic (exact) mass is 507 g/mol. The number of hydrogen-bond donors (Lipinski definition) is 2. The number of halogens is 3. The van der Waals surface area contributed by atoms with E-state index in [9.17, 15) is 9.18 Å². The van der Waals surface area contributed by atoms with Crippen LogP contribution in [-0.2, 0) is 13.2 Å². The van der Waals surface area contributed by atoms with Crippen molar-refractivity contribution in [1.82, 2.24) is 0 Å². The van der Waals surface area contributed by atoms with Gasteiger partial charge >= 0.3 is 5.97 Å². The Kier molecular flexibility index (Phi) is 7.76. The molecule has 162 valence electrons. The third-order valence-electron chi connectivity index (χ3n) is 4.36. The van der Waals surface area contributed by atoms with Gasteiger partial charge in [0.2, 0.25) is 0 Å². The van der Waals surface area contributed by atoms with Crippen molar-refractivity contribution >= 4 is 39.2 Å². The first-order chi connectivity index (χ1) is 14.9. The van der Waals surface area contributed by atoms with Gasteiger partial charge in [0.25, 0.3) is 0 Å². The zero-order chi connectivity index (χ0) is 22.4. The van der Waals surface area contributed by atoms with E-state index in [1.165, 1.54) is 18.2 Å². The van der Waals surface area contributed by atoms with Crippen molar-refractivity contribution in [3.05, 3.63) is 86.6 Å².